The number of aryl methyl sites for hydroxylation is 2. The molecule has 46 heavy (non-hydrogen) atoms. The second-order valence-corrected chi connectivity index (χ2v) is 13.3. The molecule has 0 saturated carbocycles. The summed E-state index contributed by atoms with van der Waals surface area (Å²) in [4.78, 5) is 25.3. The fourth-order valence-corrected chi connectivity index (χ4v) is 6.50. The van der Waals surface area contributed by atoms with Gasteiger partial charge in [-0.2, -0.15) is 4.98 Å². The van der Waals surface area contributed by atoms with E-state index in [1.165, 1.54) is 5.56 Å². The van der Waals surface area contributed by atoms with Gasteiger partial charge >= 0.3 is 5.69 Å². The Morgan fingerprint density at radius 3 is 2.61 bits per heavy atom. The van der Waals surface area contributed by atoms with Crippen LogP contribution in [0.15, 0.2) is 58.4 Å². The van der Waals surface area contributed by atoms with Gasteiger partial charge in [-0.1, -0.05) is 38.5 Å². The summed E-state index contributed by atoms with van der Waals surface area (Å²) in [7, 11) is 0. The van der Waals surface area contributed by atoms with Gasteiger partial charge in [0.2, 0.25) is 0 Å². The minimum Gasteiger partial charge on any atom is -0.386 e. The quantitative estimate of drug-likeness (QED) is 0.104. The highest BCUT2D eigenvalue weighted by molar-refractivity contribution is 5.83. The molecular formula is C36H49FN8O. The molecule has 8 N–H and O–H groups in total. The van der Waals surface area contributed by atoms with Crippen LogP contribution >= 0.6 is 0 Å². The van der Waals surface area contributed by atoms with Crippen molar-refractivity contribution in [1.82, 2.24) is 19.9 Å². The Morgan fingerprint density at radius 1 is 1.15 bits per heavy atom. The molecular weight excluding hydrogens is 579 g/mol. The number of benzene rings is 2. The number of aromatic amines is 1. The molecule has 0 spiro atoms. The lowest BCUT2D eigenvalue weighted by Crippen LogP contribution is -2.40. The van der Waals surface area contributed by atoms with E-state index < -0.39 is 5.69 Å². The second kappa shape index (κ2) is 14.7. The van der Waals surface area contributed by atoms with Crippen LogP contribution in [0.4, 0.5) is 4.39 Å². The predicted molar refractivity (Wildman–Crippen MR) is 186 cm³/mol. The molecule has 9 nitrogen and oxygen atoms in total. The van der Waals surface area contributed by atoms with Crippen molar-refractivity contribution in [3.05, 3.63) is 81.7 Å². The van der Waals surface area contributed by atoms with Crippen LogP contribution in [0.3, 0.4) is 0 Å². The van der Waals surface area contributed by atoms with Gasteiger partial charge in [0.15, 0.2) is 0 Å². The largest absolute Gasteiger partial charge is 0.386 e. The maximum absolute atomic E-state index is 15.3. The van der Waals surface area contributed by atoms with Crippen LogP contribution in [0.2, 0.25) is 0 Å². The monoisotopic (exact) mass is 628 g/mol. The summed E-state index contributed by atoms with van der Waals surface area (Å²) in [6.45, 7) is 8.39. The standard InChI is InChI=1S/C36H49FN8O/c1-21(2)31(42-33(40)19-38)18-27-9-6-10-30(41-27)25-11-13-28(14-12-25)45-20-26-17-32(43-35(26)44-36(45)46)29-16-24(8-5-7-23(4)39)15-22(3)34(29)37/h11-17,20-21,23,27,30-31,41H,5-10,18-19,38-39H2,1-4H3,(H2,40,42)(H,43,44,46)/t23-,27-,30-,31?/m0/s1. The van der Waals surface area contributed by atoms with Crippen molar-refractivity contribution in [2.75, 3.05) is 6.54 Å². The summed E-state index contributed by atoms with van der Waals surface area (Å²) in [5, 5.41) is 4.55. The van der Waals surface area contributed by atoms with Crippen LogP contribution in [0.1, 0.15) is 82.0 Å². The SMILES string of the molecule is Cc1cc(CCC[C@H](C)N)cc(-c2cc3cn(-c4ccc([C@@H]5CCC[C@@H](CC(N=C(N)CN)C(C)C)N5)cc4)c(=O)nc3[nH]2)c1F. The van der Waals surface area contributed by atoms with E-state index in [4.69, 9.17) is 17.2 Å². The zero-order valence-electron chi connectivity index (χ0n) is 27.5. The number of aromatic nitrogens is 3. The summed E-state index contributed by atoms with van der Waals surface area (Å²) in [6, 6.07) is 14.5. The third kappa shape index (κ3) is 7.92. The van der Waals surface area contributed by atoms with Gasteiger partial charge in [0.05, 0.1) is 24.0 Å². The lowest BCUT2D eigenvalue weighted by atomic mass is 9.88. The Kier molecular flexibility index (Phi) is 10.7. The molecule has 1 unspecified atom stereocenters. The molecule has 0 bridgehead atoms. The van der Waals surface area contributed by atoms with Crippen molar-refractivity contribution in [1.29, 1.82) is 0 Å². The number of amidine groups is 1. The van der Waals surface area contributed by atoms with Gasteiger partial charge in [0, 0.05) is 35.3 Å². The van der Waals surface area contributed by atoms with Crippen LogP contribution in [0, 0.1) is 18.7 Å². The molecule has 3 heterocycles. The summed E-state index contributed by atoms with van der Waals surface area (Å²) in [6.07, 6.45) is 8.60. The fraction of sp³-hybridized carbons (Fsp3) is 0.472. The maximum Gasteiger partial charge on any atom is 0.354 e. The molecule has 0 aliphatic carbocycles. The molecule has 10 heteroatoms. The molecule has 1 aliphatic heterocycles. The molecule has 246 valence electrons. The van der Waals surface area contributed by atoms with Gasteiger partial charge in [0.25, 0.3) is 0 Å². The highest BCUT2D eigenvalue weighted by Gasteiger charge is 2.26. The van der Waals surface area contributed by atoms with Gasteiger partial charge in [0.1, 0.15) is 17.3 Å². The topological polar surface area (TPSA) is 153 Å². The van der Waals surface area contributed by atoms with E-state index in [1.807, 2.05) is 37.3 Å². The molecule has 4 atom stereocenters. The first-order valence-electron chi connectivity index (χ1n) is 16.6. The lowest BCUT2D eigenvalue weighted by Gasteiger charge is -2.34. The number of piperidine rings is 1. The maximum atomic E-state index is 15.3. The van der Waals surface area contributed by atoms with Crippen LogP contribution in [0.25, 0.3) is 28.0 Å². The summed E-state index contributed by atoms with van der Waals surface area (Å²) < 4.78 is 16.8. The Morgan fingerprint density at radius 2 is 1.91 bits per heavy atom. The first-order valence-corrected chi connectivity index (χ1v) is 16.6. The zero-order valence-corrected chi connectivity index (χ0v) is 27.5. The number of H-pyrrole nitrogens is 1. The summed E-state index contributed by atoms with van der Waals surface area (Å²) in [5.74, 6) is 0.593. The molecule has 0 radical (unpaired) electrons. The molecule has 1 fully saturated rings. The minimum atomic E-state index is -0.400. The Balaban J connectivity index is 1.34. The van der Waals surface area contributed by atoms with Gasteiger partial charge < -0.3 is 27.5 Å². The number of nitrogens with two attached hydrogens (primary N) is 3. The first kappa shape index (κ1) is 33.5. The number of fused-ring (bicyclic) bond motifs is 1. The van der Waals surface area contributed by atoms with E-state index in [9.17, 15) is 4.79 Å². The molecule has 2 aromatic carbocycles. The number of hydrogen-bond acceptors (Lipinski definition) is 6. The van der Waals surface area contributed by atoms with Gasteiger partial charge in [-0.05, 0) is 99.2 Å². The second-order valence-electron chi connectivity index (χ2n) is 13.3. The van der Waals surface area contributed by atoms with Crippen LogP contribution in [-0.2, 0) is 6.42 Å². The van der Waals surface area contributed by atoms with E-state index in [2.05, 4.69) is 46.3 Å². The van der Waals surface area contributed by atoms with Crippen LogP contribution in [0.5, 0.6) is 0 Å². The minimum absolute atomic E-state index is 0.125. The molecule has 1 aliphatic rings. The summed E-state index contributed by atoms with van der Waals surface area (Å²) in [5.41, 5.74) is 22.2. The van der Waals surface area contributed by atoms with Crippen molar-refractivity contribution in [3.63, 3.8) is 0 Å². The Bertz CT molecular complexity index is 1720. The van der Waals surface area contributed by atoms with Crippen molar-refractivity contribution in [3.8, 4) is 16.9 Å². The number of nitrogens with one attached hydrogen (secondary N) is 2. The molecule has 0 amide bonds. The summed E-state index contributed by atoms with van der Waals surface area (Å²) >= 11 is 0. The zero-order chi connectivity index (χ0) is 33.0. The third-order valence-electron chi connectivity index (χ3n) is 9.13. The van der Waals surface area contributed by atoms with E-state index in [-0.39, 0.29) is 30.5 Å². The molecule has 1 saturated heterocycles. The average Bonchev–Trinajstić information content (AvgIpc) is 3.44. The molecule has 2 aromatic heterocycles. The number of rotatable bonds is 12. The highest BCUT2D eigenvalue weighted by atomic mass is 19.1. The number of hydrogen-bond donors (Lipinski definition) is 5. The highest BCUT2D eigenvalue weighted by Crippen LogP contribution is 2.31. The first-order chi connectivity index (χ1) is 22.0. The van der Waals surface area contributed by atoms with Crippen molar-refractivity contribution >= 4 is 16.9 Å². The lowest BCUT2D eigenvalue weighted by molar-refractivity contribution is 0.283. The number of nitrogens with zero attached hydrogens (tertiary/aromatic N) is 3. The molecule has 4 aromatic rings. The van der Waals surface area contributed by atoms with Gasteiger partial charge in [-0.3, -0.25) is 9.56 Å². The van der Waals surface area contributed by atoms with E-state index in [1.54, 1.807) is 17.7 Å². The van der Waals surface area contributed by atoms with Crippen LogP contribution in [-0.4, -0.2) is 45.0 Å². The predicted octanol–water partition coefficient (Wildman–Crippen LogP) is 5.41. The van der Waals surface area contributed by atoms with E-state index in [0.29, 0.717) is 40.3 Å². The smallest absolute Gasteiger partial charge is 0.354 e. The van der Waals surface area contributed by atoms with Gasteiger partial charge in [-0.15, -0.1) is 0 Å². The number of halogens is 1. The van der Waals surface area contributed by atoms with Gasteiger partial charge in [-0.25, -0.2) is 9.18 Å². The van der Waals surface area contributed by atoms with E-state index >= 15 is 4.39 Å². The molecule has 5 rings (SSSR count). The normalized spacial score (nSPS) is 18.7. The van der Waals surface area contributed by atoms with Crippen molar-refractivity contribution in [2.24, 2.45) is 28.1 Å². The Hall–Kier alpha value is -3.86. The Labute approximate surface area is 270 Å². The average molecular weight is 629 g/mol. The third-order valence-corrected chi connectivity index (χ3v) is 9.13. The van der Waals surface area contributed by atoms with Crippen LogP contribution < -0.4 is 28.2 Å². The van der Waals surface area contributed by atoms with Crippen molar-refractivity contribution < 1.29 is 4.39 Å². The number of aliphatic imine (C=N–C) groups is 1. The fourth-order valence-electron chi connectivity index (χ4n) is 6.50. The van der Waals surface area contributed by atoms with E-state index in [0.717, 1.165) is 61.6 Å². The van der Waals surface area contributed by atoms with Crippen molar-refractivity contribution in [2.45, 2.75) is 96.8 Å².